The first kappa shape index (κ1) is 24.0. The van der Waals surface area contributed by atoms with Gasteiger partial charge in [-0.05, 0) is 71.3 Å². The third kappa shape index (κ3) is 5.51. The van der Waals surface area contributed by atoms with E-state index < -0.39 is 0 Å². The van der Waals surface area contributed by atoms with Crippen LogP contribution in [0.2, 0.25) is 5.02 Å². The Bertz CT molecular complexity index is 1130. The van der Waals surface area contributed by atoms with Crippen LogP contribution in [0.4, 0.5) is 0 Å². The van der Waals surface area contributed by atoms with Gasteiger partial charge >= 0.3 is 0 Å². The number of amides is 2. The van der Waals surface area contributed by atoms with Crippen molar-refractivity contribution in [3.63, 3.8) is 0 Å². The monoisotopic (exact) mass is 544 g/mol. The fourth-order valence-electron chi connectivity index (χ4n) is 4.28. The van der Waals surface area contributed by atoms with E-state index in [0.717, 1.165) is 22.0 Å². The minimum absolute atomic E-state index is 0.0436. The third-order valence-electron chi connectivity index (χ3n) is 5.76. The van der Waals surface area contributed by atoms with Gasteiger partial charge in [-0.3, -0.25) is 9.59 Å². The van der Waals surface area contributed by atoms with Crippen LogP contribution in [0.3, 0.4) is 0 Å². The number of halogens is 2. The van der Waals surface area contributed by atoms with Crippen LogP contribution in [0.25, 0.3) is 0 Å². The molecule has 4 rings (SSSR count). The van der Waals surface area contributed by atoms with Gasteiger partial charge in [0.15, 0.2) is 0 Å². The topological polar surface area (TPSA) is 40.6 Å². The summed E-state index contributed by atoms with van der Waals surface area (Å²) in [6.07, 6.45) is 0.827. The molecular formula is C26H26BrClN2O2S. The van der Waals surface area contributed by atoms with E-state index >= 15 is 0 Å². The molecule has 0 radical (unpaired) electrons. The van der Waals surface area contributed by atoms with E-state index in [1.165, 1.54) is 4.88 Å². The summed E-state index contributed by atoms with van der Waals surface area (Å²) in [5.74, 6) is 0.0767. The van der Waals surface area contributed by atoms with Crippen molar-refractivity contribution in [3.8, 4) is 0 Å². The lowest BCUT2D eigenvalue weighted by Crippen LogP contribution is -2.47. The Morgan fingerprint density at radius 1 is 1.12 bits per heavy atom. The molecular weight excluding hydrogens is 520 g/mol. The Morgan fingerprint density at radius 2 is 1.82 bits per heavy atom. The third-order valence-corrected chi connectivity index (χ3v) is 7.54. The molecule has 0 spiro atoms. The Labute approximate surface area is 212 Å². The highest BCUT2D eigenvalue weighted by molar-refractivity contribution is 9.10. The smallest absolute Gasteiger partial charge is 0.254 e. The first-order valence-electron chi connectivity index (χ1n) is 11.0. The van der Waals surface area contributed by atoms with Crippen molar-refractivity contribution >= 4 is 50.7 Å². The van der Waals surface area contributed by atoms with Crippen LogP contribution in [0.15, 0.2) is 64.5 Å². The van der Waals surface area contributed by atoms with E-state index in [1.807, 2.05) is 41.3 Å². The van der Waals surface area contributed by atoms with Gasteiger partial charge in [0.1, 0.15) is 6.54 Å². The summed E-state index contributed by atoms with van der Waals surface area (Å²) in [5.41, 5.74) is 2.78. The van der Waals surface area contributed by atoms with Gasteiger partial charge in [0.25, 0.3) is 5.91 Å². The molecule has 1 aromatic heterocycles. The van der Waals surface area contributed by atoms with Gasteiger partial charge in [-0.1, -0.05) is 53.5 Å². The number of carbonyl (C=O) groups is 2. The maximum absolute atomic E-state index is 13.7. The lowest BCUT2D eigenvalue weighted by Gasteiger charge is -2.38. The molecule has 172 valence electrons. The van der Waals surface area contributed by atoms with Crippen LogP contribution < -0.4 is 0 Å². The molecule has 2 heterocycles. The molecule has 2 aromatic carbocycles. The van der Waals surface area contributed by atoms with Gasteiger partial charge in [-0.2, -0.15) is 0 Å². The van der Waals surface area contributed by atoms with Crippen LogP contribution >= 0.6 is 38.9 Å². The van der Waals surface area contributed by atoms with Crippen LogP contribution in [-0.2, 0) is 11.2 Å². The van der Waals surface area contributed by atoms with Crippen LogP contribution in [0, 0.1) is 5.92 Å². The van der Waals surface area contributed by atoms with Crippen molar-refractivity contribution in [3.05, 3.63) is 91.0 Å². The van der Waals surface area contributed by atoms with E-state index in [0.29, 0.717) is 23.7 Å². The minimum atomic E-state index is -0.173. The SMILES string of the molecule is CC(C)CN(CC(=O)N1CCc2sccc2C1c1ccc(Cl)cc1)C(=O)c1ccc(Br)cc1. The number of carbonyl (C=O) groups excluding carboxylic acids is 2. The zero-order chi connectivity index (χ0) is 23.5. The maximum atomic E-state index is 13.7. The minimum Gasteiger partial charge on any atom is -0.330 e. The van der Waals surface area contributed by atoms with E-state index in [-0.39, 0.29) is 30.3 Å². The molecule has 7 heteroatoms. The average molecular weight is 546 g/mol. The Morgan fingerprint density at radius 3 is 2.48 bits per heavy atom. The first-order valence-corrected chi connectivity index (χ1v) is 13.0. The summed E-state index contributed by atoms with van der Waals surface area (Å²) >= 11 is 11.3. The van der Waals surface area contributed by atoms with E-state index in [2.05, 4.69) is 41.2 Å². The number of fused-ring (bicyclic) bond motifs is 1. The molecule has 0 aliphatic carbocycles. The quantitative estimate of drug-likeness (QED) is 0.358. The highest BCUT2D eigenvalue weighted by Crippen LogP contribution is 2.38. The number of hydrogen-bond donors (Lipinski definition) is 0. The maximum Gasteiger partial charge on any atom is 0.254 e. The summed E-state index contributed by atoms with van der Waals surface area (Å²) in [7, 11) is 0. The Hall–Kier alpha value is -2.15. The van der Waals surface area contributed by atoms with E-state index in [9.17, 15) is 9.59 Å². The fourth-order valence-corrected chi connectivity index (χ4v) is 5.57. The Kier molecular flexibility index (Phi) is 7.57. The summed E-state index contributed by atoms with van der Waals surface area (Å²) in [5, 5.41) is 2.75. The number of nitrogens with zero attached hydrogens (tertiary/aromatic N) is 2. The van der Waals surface area contributed by atoms with Crippen LogP contribution in [0.1, 0.15) is 46.3 Å². The molecule has 1 unspecified atom stereocenters. The summed E-state index contributed by atoms with van der Waals surface area (Å²) in [6.45, 7) is 5.31. The predicted molar refractivity (Wildman–Crippen MR) is 138 cm³/mol. The molecule has 1 aliphatic heterocycles. The molecule has 3 aromatic rings. The van der Waals surface area contributed by atoms with Gasteiger partial charge in [-0.15, -0.1) is 11.3 Å². The van der Waals surface area contributed by atoms with Gasteiger partial charge in [-0.25, -0.2) is 0 Å². The van der Waals surface area contributed by atoms with Crippen LogP contribution in [0.5, 0.6) is 0 Å². The normalized spacial score (nSPS) is 15.4. The van der Waals surface area contributed by atoms with Gasteiger partial charge < -0.3 is 9.80 Å². The average Bonchev–Trinajstić information content (AvgIpc) is 3.27. The van der Waals surface area contributed by atoms with Crippen molar-refractivity contribution in [1.82, 2.24) is 9.80 Å². The van der Waals surface area contributed by atoms with Crippen molar-refractivity contribution in [1.29, 1.82) is 0 Å². The molecule has 0 fully saturated rings. The number of benzene rings is 2. The standard InChI is InChI=1S/C26H26BrClN2O2S/c1-17(2)15-29(26(32)19-3-7-20(27)8-4-19)16-24(31)30-13-11-23-22(12-14-33-23)25(30)18-5-9-21(28)10-6-18/h3-10,12,14,17,25H,11,13,15-16H2,1-2H3. The molecule has 0 saturated heterocycles. The van der Waals surface area contributed by atoms with Crippen molar-refractivity contribution in [2.24, 2.45) is 5.92 Å². The van der Waals surface area contributed by atoms with Crippen molar-refractivity contribution in [2.75, 3.05) is 19.6 Å². The lowest BCUT2D eigenvalue weighted by molar-refractivity contribution is -0.134. The first-order chi connectivity index (χ1) is 15.8. The summed E-state index contributed by atoms with van der Waals surface area (Å²) in [4.78, 5) is 31.9. The zero-order valence-corrected chi connectivity index (χ0v) is 21.8. The molecule has 1 aliphatic rings. The molecule has 0 bridgehead atoms. The molecule has 1 atom stereocenters. The molecule has 0 saturated carbocycles. The van der Waals surface area contributed by atoms with Crippen molar-refractivity contribution < 1.29 is 9.59 Å². The lowest BCUT2D eigenvalue weighted by atomic mass is 9.93. The van der Waals surface area contributed by atoms with Crippen molar-refractivity contribution in [2.45, 2.75) is 26.3 Å². The molecule has 0 N–H and O–H groups in total. The highest BCUT2D eigenvalue weighted by Gasteiger charge is 2.34. The second-order valence-corrected chi connectivity index (χ2v) is 11.0. The van der Waals surface area contributed by atoms with Crippen LogP contribution in [-0.4, -0.2) is 41.2 Å². The van der Waals surface area contributed by atoms with E-state index in [1.54, 1.807) is 28.4 Å². The zero-order valence-electron chi connectivity index (χ0n) is 18.6. The molecule has 33 heavy (non-hydrogen) atoms. The van der Waals surface area contributed by atoms with Gasteiger partial charge in [0, 0.05) is 33.0 Å². The number of thiophene rings is 1. The molecule has 2 amide bonds. The number of rotatable bonds is 6. The fraction of sp³-hybridized carbons (Fsp3) is 0.308. The largest absolute Gasteiger partial charge is 0.330 e. The summed E-state index contributed by atoms with van der Waals surface area (Å²) in [6, 6.07) is 16.9. The highest BCUT2D eigenvalue weighted by atomic mass is 79.9. The number of hydrogen-bond acceptors (Lipinski definition) is 3. The van der Waals surface area contributed by atoms with E-state index in [4.69, 9.17) is 11.6 Å². The van der Waals surface area contributed by atoms with Gasteiger partial charge in [0.05, 0.1) is 6.04 Å². The second-order valence-electron chi connectivity index (χ2n) is 8.68. The predicted octanol–water partition coefficient (Wildman–Crippen LogP) is 6.44. The van der Waals surface area contributed by atoms with Gasteiger partial charge in [0.2, 0.25) is 5.91 Å². The summed E-state index contributed by atoms with van der Waals surface area (Å²) < 4.78 is 0.913. The molecule has 4 nitrogen and oxygen atoms in total. The second kappa shape index (κ2) is 10.4. The Balaban J connectivity index is 1.61.